The second-order valence-electron chi connectivity index (χ2n) is 7.86. The first-order valence-electron chi connectivity index (χ1n) is 8.65. The fraction of sp³-hybridized carbons (Fsp3) is 0.350. The van der Waals surface area contributed by atoms with Crippen molar-refractivity contribution in [3.05, 3.63) is 56.5 Å². The molecule has 1 aromatic heterocycles. The van der Waals surface area contributed by atoms with Gasteiger partial charge in [0.1, 0.15) is 5.56 Å². The number of H-pyrrole nitrogens is 1. The normalized spacial score (nSPS) is 15.2. The molecule has 1 aliphatic carbocycles. The van der Waals surface area contributed by atoms with Gasteiger partial charge in [0.15, 0.2) is 5.78 Å². The van der Waals surface area contributed by atoms with Gasteiger partial charge < -0.3 is 15.2 Å². The summed E-state index contributed by atoms with van der Waals surface area (Å²) in [5.74, 6) is -0.648. The van der Waals surface area contributed by atoms with Crippen LogP contribution in [0.4, 0.5) is 11.4 Å². The van der Waals surface area contributed by atoms with Crippen molar-refractivity contribution in [2.75, 3.05) is 24.3 Å². The Hall–Kier alpha value is -2.60. The molecule has 2 aromatic rings. The molecular weight excluding hydrogens is 366 g/mol. The first kappa shape index (κ1) is 19.2. The molecule has 0 radical (unpaired) electrons. The monoisotopic (exact) mass is 387 g/mol. The Bertz CT molecular complexity index is 992. The topological polar surface area (TPSA) is 82.3 Å². The molecule has 2 N–H and O–H groups in total. The number of halogens is 1. The molecule has 6 nitrogen and oxygen atoms in total. The maximum atomic E-state index is 12.7. The molecule has 1 amide bonds. The van der Waals surface area contributed by atoms with Gasteiger partial charge in [0, 0.05) is 36.8 Å². The van der Waals surface area contributed by atoms with Crippen molar-refractivity contribution >= 4 is 34.7 Å². The second kappa shape index (κ2) is 6.85. The van der Waals surface area contributed by atoms with E-state index in [1.165, 1.54) is 6.07 Å². The Morgan fingerprint density at radius 3 is 2.56 bits per heavy atom. The van der Waals surface area contributed by atoms with Crippen molar-refractivity contribution in [1.82, 2.24) is 4.98 Å². The molecule has 3 rings (SSSR count). The summed E-state index contributed by atoms with van der Waals surface area (Å²) in [6, 6.07) is 6.52. The highest BCUT2D eigenvalue weighted by Gasteiger charge is 2.32. The molecule has 0 saturated carbocycles. The van der Waals surface area contributed by atoms with Gasteiger partial charge in [-0.15, -0.1) is 0 Å². The molecule has 0 unspecified atom stereocenters. The number of aromatic amines is 1. The molecular formula is C20H22ClN3O3. The van der Waals surface area contributed by atoms with Gasteiger partial charge in [0.05, 0.1) is 11.4 Å². The van der Waals surface area contributed by atoms with Gasteiger partial charge in [-0.2, -0.15) is 0 Å². The van der Waals surface area contributed by atoms with Crippen LogP contribution in [-0.4, -0.2) is 30.8 Å². The Balaban J connectivity index is 1.98. The highest BCUT2D eigenvalue weighted by Crippen LogP contribution is 2.33. The number of benzene rings is 1. The first-order valence-corrected chi connectivity index (χ1v) is 9.03. The molecule has 1 aromatic carbocycles. The molecule has 0 bridgehead atoms. The molecule has 27 heavy (non-hydrogen) atoms. The summed E-state index contributed by atoms with van der Waals surface area (Å²) in [5, 5.41) is 3.20. The third-order valence-corrected chi connectivity index (χ3v) is 4.89. The minimum Gasteiger partial charge on any atom is -0.376 e. The number of carbonyl (C=O) groups is 2. The number of pyridine rings is 1. The summed E-state index contributed by atoms with van der Waals surface area (Å²) in [6.07, 6.45) is 0.969. The number of nitrogens with zero attached hydrogens (tertiary/aromatic N) is 1. The number of ketones is 1. The van der Waals surface area contributed by atoms with Crippen molar-refractivity contribution in [2.45, 2.75) is 26.7 Å². The van der Waals surface area contributed by atoms with Crippen molar-refractivity contribution in [3.8, 4) is 0 Å². The molecule has 1 heterocycles. The van der Waals surface area contributed by atoms with Crippen LogP contribution in [0.3, 0.4) is 0 Å². The minimum atomic E-state index is -0.581. The van der Waals surface area contributed by atoms with E-state index < -0.39 is 11.5 Å². The van der Waals surface area contributed by atoms with E-state index in [2.05, 4.69) is 10.3 Å². The number of Topliss-reactive ketones (excluding diaryl/α,β-unsaturated/α-hetero) is 1. The fourth-order valence-corrected chi connectivity index (χ4v) is 3.56. The predicted octanol–water partition coefficient (Wildman–Crippen LogP) is 3.50. The molecule has 142 valence electrons. The van der Waals surface area contributed by atoms with Gasteiger partial charge in [0.25, 0.3) is 11.5 Å². The van der Waals surface area contributed by atoms with Crippen LogP contribution in [0.5, 0.6) is 0 Å². The Morgan fingerprint density at radius 2 is 1.89 bits per heavy atom. The average Bonchev–Trinajstić information content (AvgIpc) is 2.52. The molecule has 0 spiro atoms. The average molecular weight is 388 g/mol. The third kappa shape index (κ3) is 3.90. The van der Waals surface area contributed by atoms with E-state index in [0.717, 1.165) is 5.69 Å². The minimum absolute atomic E-state index is 0.0664. The van der Waals surface area contributed by atoms with Crippen molar-refractivity contribution in [1.29, 1.82) is 0 Å². The lowest BCUT2D eigenvalue weighted by Crippen LogP contribution is -2.33. The fourth-order valence-electron chi connectivity index (χ4n) is 3.38. The molecule has 0 fully saturated rings. The van der Waals surface area contributed by atoms with E-state index in [1.807, 2.05) is 32.8 Å². The number of hydrogen-bond acceptors (Lipinski definition) is 4. The summed E-state index contributed by atoms with van der Waals surface area (Å²) in [4.78, 5) is 42.2. The smallest absolute Gasteiger partial charge is 0.261 e. The Labute approximate surface area is 162 Å². The summed E-state index contributed by atoms with van der Waals surface area (Å²) in [7, 11) is 3.68. The SMILES string of the molecule is CN(C)c1ccc(Cl)cc1NC(=O)c1cc2c([nH]c1=O)CC(C)(C)CC2=O. The number of carbonyl (C=O) groups excluding carboxylic acids is 2. The van der Waals surface area contributed by atoms with Gasteiger partial charge in [0.2, 0.25) is 0 Å². The third-order valence-electron chi connectivity index (χ3n) is 4.65. The zero-order valence-electron chi connectivity index (χ0n) is 15.8. The molecule has 0 atom stereocenters. The lowest BCUT2D eigenvalue weighted by molar-refractivity contribution is 0.0910. The van der Waals surface area contributed by atoms with Gasteiger partial charge in [-0.05, 0) is 36.1 Å². The van der Waals surface area contributed by atoms with Crippen LogP contribution in [0.25, 0.3) is 0 Å². The Morgan fingerprint density at radius 1 is 1.19 bits per heavy atom. The largest absolute Gasteiger partial charge is 0.376 e. The van der Waals surface area contributed by atoms with Gasteiger partial charge >= 0.3 is 0 Å². The van der Waals surface area contributed by atoms with Crippen LogP contribution >= 0.6 is 11.6 Å². The lowest BCUT2D eigenvalue weighted by Gasteiger charge is -2.29. The number of fused-ring (bicyclic) bond motifs is 1. The van der Waals surface area contributed by atoms with Gasteiger partial charge in [-0.1, -0.05) is 25.4 Å². The van der Waals surface area contributed by atoms with Crippen LogP contribution < -0.4 is 15.8 Å². The van der Waals surface area contributed by atoms with Crippen molar-refractivity contribution in [3.63, 3.8) is 0 Å². The Kier molecular flexibility index (Phi) is 4.86. The van der Waals surface area contributed by atoms with Gasteiger partial charge in [-0.25, -0.2) is 0 Å². The van der Waals surface area contributed by atoms with Crippen LogP contribution in [0, 0.1) is 5.41 Å². The summed E-state index contributed by atoms with van der Waals surface area (Å²) < 4.78 is 0. The zero-order chi connectivity index (χ0) is 19.9. The van der Waals surface area contributed by atoms with E-state index in [9.17, 15) is 14.4 Å². The van der Waals surface area contributed by atoms with E-state index in [-0.39, 0.29) is 16.8 Å². The quantitative estimate of drug-likeness (QED) is 0.844. The molecule has 1 aliphatic rings. The van der Waals surface area contributed by atoms with Crippen molar-refractivity contribution in [2.24, 2.45) is 5.41 Å². The number of anilines is 2. The molecule has 0 saturated heterocycles. The zero-order valence-corrected chi connectivity index (χ0v) is 16.5. The maximum absolute atomic E-state index is 12.7. The lowest BCUT2D eigenvalue weighted by atomic mass is 9.75. The number of aromatic nitrogens is 1. The van der Waals surface area contributed by atoms with Crippen molar-refractivity contribution < 1.29 is 9.59 Å². The van der Waals surface area contributed by atoms with Crippen LogP contribution in [0.15, 0.2) is 29.1 Å². The number of rotatable bonds is 3. The van der Waals surface area contributed by atoms with Crippen LogP contribution in [0.1, 0.15) is 46.7 Å². The van der Waals surface area contributed by atoms with E-state index >= 15 is 0 Å². The molecule has 7 heteroatoms. The second-order valence-corrected chi connectivity index (χ2v) is 8.29. The standard InChI is InChI=1S/C20H22ClN3O3/c1-20(2)9-15-12(17(25)10-20)8-13(19(27)23-15)18(26)22-14-7-11(21)5-6-16(14)24(3)4/h5-8H,9-10H2,1-4H3,(H,22,26)(H,23,27). The first-order chi connectivity index (χ1) is 12.6. The summed E-state index contributed by atoms with van der Waals surface area (Å²) >= 11 is 6.04. The summed E-state index contributed by atoms with van der Waals surface area (Å²) in [5.41, 5.74) is 1.43. The highest BCUT2D eigenvalue weighted by atomic mass is 35.5. The van der Waals surface area contributed by atoms with E-state index in [1.54, 1.807) is 18.2 Å². The maximum Gasteiger partial charge on any atom is 0.261 e. The number of hydrogen-bond donors (Lipinski definition) is 2. The molecule has 0 aliphatic heterocycles. The summed E-state index contributed by atoms with van der Waals surface area (Å²) in [6.45, 7) is 3.96. The van der Waals surface area contributed by atoms with E-state index in [4.69, 9.17) is 11.6 Å². The number of nitrogens with one attached hydrogen (secondary N) is 2. The predicted molar refractivity (Wildman–Crippen MR) is 107 cm³/mol. The highest BCUT2D eigenvalue weighted by molar-refractivity contribution is 6.31. The number of amides is 1. The van der Waals surface area contributed by atoms with Gasteiger partial charge in [-0.3, -0.25) is 14.4 Å². The van der Waals surface area contributed by atoms with Crippen LogP contribution in [0.2, 0.25) is 5.02 Å². The van der Waals surface area contributed by atoms with E-state index in [0.29, 0.717) is 34.8 Å². The van der Waals surface area contributed by atoms with Crippen LogP contribution in [-0.2, 0) is 6.42 Å².